The highest BCUT2D eigenvalue weighted by molar-refractivity contribution is 6.05. The molecule has 1 aromatic carbocycles. The Balaban J connectivity index is 1.46. The van der Waals surface area contributed by atoms with Gasteiger partial charge in [0.15, 0.2) is 0 Å². The number of hydrogen-bond acceptors (Lipinski definition) is 6. The van der Waals surface area contributed by atoms with Crippen molar-refractivity contribution in [1.82, 2.24) is 15.1 Å². The molecule has 0 saturated carbocycles. The number of amides is 4. The SMILES string of the molecule is CC(C)(C)OC(=O)N1CCN(c2cc(F)c3c(c2)CN(C2CCC(=O)NC2=O)C3=O)CC1. The Morgan fingerprint density at radius 3 is 2.44 bits per heavy atom. The largest absolute Gasteiger partial charge is 0.444 e. The number of nitrogens with zero attached hydrogens (tertiary/aromatic N) is 3. The molecule has 9 nitrogen and oxygen atoms in total. The van der Waals surface area contributed by atoms with Gasteiger partial charge in [-0.3, -0.25) is 19.7 Å². The number of piperidine rings is 1. The van der Waals surface area contributed by atoms with Crippen LogP contribution in [0.1, 0.15) is 49.5 Å². The zero-order chi connectivity index (χ0) is 23.2. The summed E-state index contributed by atoms with van der Waals surface area (Å²) in [6.07, 6.45) is 0.000263. The van der Waals surface area contributed by atoms with Crippen molar-refractivity contribution in [2.24, 2.45) is 0 Å². The molecule has 1 N–H and O–H groups in total. The van der Waals surface area contributed by atoms with E-state index in [-0.39, 0.29) is 37.0 Å². The summed E-state index contributed by atoms with van der Waals surface area (Å²) in [6, 6.07) is 2.31. The molecule has 0 radical (unpaired) electrons. The van der Waals surface area contributed by atoms with Crippen LogP contribution in [-0.2, 0) is 20.9 Å². The molecule has 2 saturated heterocycles. The Morgan fingerprint density at radius 2 is 1.81 bits per heavy atom. The molecule has 0 spiro atoms. The Hall–Kier alpha value is -3.17. The second-order valence-corrected chi connectivity index (χ2v) is 9.32. The fraction of sp³-hybridized carbons (Fsp3) is 0.545. The number of anilines is 1. The topological polar surface area (TPSA) is 99.3 Å². The van der Waals surface area contributed by atoms with Crippen LogP contribution in [0.2, 0.25) is 0 Å². The summed E-state index contributed by atoms with van der Waals surface area (Å²) in [5, 5.41) is 2.24. The van der Waals surface area contributed by atoms with Gasteiger partial charge in [-0.2, -0.15) is 0 Å². The molecule has 3 heterocycles. The van der Waals surface area contributed by atoms with E-state index in [9.17, 15) is 23.6 Å². The van der Waals surface area contributed by atoms with E-state index < -0.39 is 29.3 Å². The maximum Gasteiger partial charge on any atom is 0.410 e. The van der Waals surface area contributed by atoms with E-state index in [1.807, 2.05) is 25.7 Å². The molecule has 3 aliphatic rings. The molecule has 3 aliphatic heterocycles. The van der Waals surface area contributed by atoms with Gasteiger partial charge >= 0.3 is 6.09 Å². The predicted octanol–water partition coefficient (Wildman–Crippen LogP) is 1.64. The molecule has 4 amide bonds. The minimum absolute atomic E-state index is 0.0224. The normalized spacial score (nSPS) is 21.6. The minimum Gasteiger partial charge on any atom is -0.444 e. The molecule has 2 fully saturated rings. The number of piperazine rings is 1. The third-order valence-electron chi connectivity index (χ3n) is 5.85. The zero-order valence-electron chi connectivity index (χ0n) is 18.4. The van der Waals surface area contributed by atoms with Gasteiger partial charge in [-0.25, -0.2) is 9.18 Å². The molecule has 4 rings (SSSR count). The molecule has 172 valence electrons. The molecule has 32 heavy (non-hydrogen) atoms. The number of rotatable bonds is 2. The van der Waals surface area contributed by atoms with Gasteiger partial charge in [0.25, 0.3) is 5.91 Å². The average molecular weight is 446 g/mol. The molecule has 0 aliphatic carbocycles. The van der Waals surface area contributed by atoms with Gasteiger partial charge in [0, 0.05) is 44.8 Å². The first kappa shape index (κ1) is 22.0. The number of carbonyl (C=O) groups excluding carboxylic acids is 4. The van der Waals surface area contributed by atoms with Crippen molar-refractivity contribution in [3.63, 3.8) is 0 Å². The smallest absolute Gasteiger partial charge is 0.410 e. The summed E-state index contributed by atoms with van der Waals surface area (Å²) in [5.41, 5.74) is 0.552. The monoisotopic (exact) mass is 446 g/mol. The minimum atomic E-state index is -0.784. The second kappa shape index (κ2) is 8.07. The predicted molar refractivity (Wildman–Crippen MR) is 112 cm³/mol. The quantitative estimate of drug-likeness (QED) is 0.694. The number of imide groups is 1. The number of hydrogen-bond donors (Lipinski definition) is 1. The van der Waals surface area contributed by atoms with E-state index in [4.69, 9.17) is 4.74 Å². The van der Waals surface area contributed by atoms with E-state index in [2.05, 4.69) is 5.32 Å². The highest BCUT2D eigenvalue weighted by Crippen LogP contribution is 2.33. The summed E-state index contributed by atoms with van der Waals surface area (Å²) >= 11 is 0. The van der Waals surface area contributed by atoms with Crippen molar-refractivity contribution in [1.29, 1.82) is 0 Å². The number of halogens is 1. The Labute approximate surface area is 185 Å². The van der Waals surface area contributed by atoms with Crippen LogP contribution in [0.25, 0.3) is 0 Å². The lowest BCUT2D eigenvalue weighted by atomic mass is 10.0. The van der Waals surface area contributed by atoms with E-state index in [0.29, 0.717) is 37.4 Å². The summed E-state index contributed by atoms with van der Waals surface area (Å²) in [7, 11) is 0. The molecule has 1 atom stereocenters. The molecular formula is C22H27FN4O5. The van der Waals surface area contributed by atoms with Gasteiger partial charge in [0.05, 0.1) is 5.56 Å². The third-order valence-corrected chi connectivity index (χ3v) is 5.85. The lowest BCUT2D eigenvalue weighted by Crippen LogP contribution is -2.52. The standard InChI is InChI=1S/C22H27FN4O5/c1-22(2,3)32-21(31)26-8-6-25(7-9-26)14-10-13-12-27(20(30)18(13)15(23)11-14)16-4-5-17(28)24-19(16)29/h10-11,16H,4-9,12H2,1-3H3,(H,24,28,29). The first-order valence-electron chi connectivity index (χ1n) is 10.7. The van der Waals surface area contributed by atoms with Gasteiger partial charge in [0.2, 0.25) is 11.8 Å². The number of benzene rings is 1. The van der Waals surface area contributed by atoms with Gasteiger partial charge in [-0.15, -0.1) is 0 Å². The third kappa shape index (κ3) is 4.26. The number of carbonyl (C=O) groups is 4. The van der Waals surface area contributed by atoms with Gasteiger partial charge in [-0.05, 0) is 44.9 Å². The highest BCUT2D eigenvalue weighted by atomic mass is 19.1. The lowest BCUT2D eigenvalue weighted by molar-refractivity contribution is -0.136. The first-order chi connectivity index (χ1) is 15.0. The summed E-state index contributed by atoms with van der Waals surface area (Å²) in [5.74, 6) is -2.06. The fourth-order valence-corrected chi connectivity index (χ4v) is 4.30. The number of ether oxygens (including phenoxy) is 1. The molecule has 1 unspecified atom stereocenters. The van der Waals surface area contributed by atoms with Crippen molar-refractivity contribution < 1.29 is 28.3 Å². The second-order valence-electron chi connectivity index (χ2n) is 9.32. The summed E-state index contributed by atoms with van der Waals surface area (Å²) in [4.78, 5) is 53.6. The van der Waals surface area contributed by atoms with Crippen LogP contribution in [0.4, 0.5) is 14.9 Å². The summed E-state index contributed by atoms with van der Waals surface area (Å²) < 4.78 is 20.3. The lowest BCUT2D eigenvalue weighted by Gasteiger charge is -2.36. The first-order valence-corrected chi connectivity index (χ1v) is 10.7. The molecule has 10 heteroatoms. The molecular weight excluding hydrogens is 419 g/mol. The Morgan fingerprint density at radius 1 is 1.12 bits per heavy atom. The van der Waals surface area contributed by atoms with Crippen molar-refractivity contribution in [3.05, 3.63) is 29.1 Å². The van der Waals surface area contributed by atoms with Gasteiger partial charge in [0.1, 0.15) is 17.5 Å². The van der Waals surface area contributed by atoms with Gasteiger partial charge in [-0.1, -0.05) is 0 Å². The van der Waals surface area contributed by atoms with Crippen LogP contribution < -0.4 is 10.2 Å². The van der Waals surface area contributed by atoms with E-state index in [0.717, 1.165) is 0 Å². The molecule has 0 aromatic heterocycles. The molecule has 1 aromatic rings. The van der Waals surface area contributed by atoms with Gasteiger partial charge < -0.3 is 19.4 Å². The van der Waals surface area contributed by atoms with Crippen molar-refractivity contribution >= 4 is 29.5 Å². The highest BCUT2D eigenvalue weighted by Gasteiger charge is 2.41. The maximum atomic E-state index is 14.9. The zero-order valence-corrected chi connectivity index (χ0v) is 18.4. The van der Waals surface area contributed by atoms with Crippen LogP contribution >= 0.6 is 0 Å². The van der Waals surface area contributed by atoms with Crippen LogP contribution in [0.15, 0.2) is 12.1 Å². The molecule has 0 bridgehead atoms. The fourth-order valence-electron chi connectivity index (χ4n) is 4.30. The van der Waals surface area contributed by atoms with Crippen LogP contribution in [0, 0.1) is 5.82 Å². The Kier molecular flexibility index (Phi) is 5.56. The van der Waals surface area contributed by atoms with E-state index >= 15 is 0 Å². The number of nitrogens with one attached hydrogen (secondary N) is 1. The number of fused-ring (bicyclic) bond motifs is 1. The van der Waals surface area contributed by atoms with Crippen LogP contribution in [0.5, 0.6) is 0 Å². The average Bonchev–Trinajstić information content (AvgIpc) is 3.03. The van der Waals surface area contributed by atoms with Crippen molar-refractivity contribution in [2.45, 2.75) is 51.8 Å². The van der Waals surface area contributed by atoms with E-state index in [1.165, 1.54) is 11.0 Å². The maximum absolute atomic E-state index is 14.9. The van der Waals surface area contributed by atoms with E-state index in [1.54, 1.807) is 11.0 Å². The van der Waals surface area contributed by atoms with Crippen LogP contribution in [-0.4, -0.2) is 71.4 Å². The van der Waals surface area contributed by atoms with Crippen molar-refractivity contribution in [3.8, 4) is 0 Å². The van der Waals surface area contributed by atoms with Crippen molar-refractivity contribution in [2.75, 3.05) is 31.1 Å². The Bertz CT molecular complexity index is 981. The summed E-state index contributed by atoms with van der Waals surface area (Å²) in [6.45, 7) is 7.44. The van der Waals surface area contributed by atoms with Crippen LogP contribution in [0.3, 0.4) is 0 Å².